The minimum absolute atomic E-state index is 0.118. The van der Waals surface area contributed by atoms with E-state index in [4.69, 9.17) is 11.6 Å². The smallest absolute Gasteiger partial charge is 0.255 e. The summed E-state index contributed by atoms with van der Waals surface area (Å²) in [5.41, 5.74) is 7.53. The molecule has 4 aliphatic rings. The van der Waals surface area contributed by atoms with Crippen LogP contribution in [-0.2, 0) is 22.7 Å². The SMILES string of the molecule is CC1(C)CCC(CN2CCN(Cc3ccc4c(c3)CN(C3CCC(=O)NC3=O)C4=O)CC2)=C(c2ccc(Cl)cc2)C1. The summed E-state index contributed by atoms with van der Waals surface area (Å²) in [5, 5.41) is 3.16. The fourth-order valence-electron chi connectivity index (χ4n) is 6.82. The number of benzene rings is 2. The van der Waals surface area contributed by atoms with Crippen molar-refractivity contribution in [3.63, 3.8) is 0 Å². The fourth-order valence-corrected chi connectivity index (χ4v) is 6.95. The number of nitrogens with one attached hydrogen (secondary N) is 1. The Bertz CT molecular complexity index is 1390. The minimum Gasteiger partial charge on any atom is -0.322 e. The Morgan fingerprint density at radius 1 is 0.927 bits per heavy atom. The monoisotopic (exact) mass is 574 g/mol. The van der Waals surface area contributed by atoms with E-state index in [0.717, 1.165) is 62.7 Å². The highest BCUT2D eigenvalue weighted by Crippen LogP contribution is 2.43. The molecule has 0 saturated carbocycles. The molecular formula is C33H39ClN4O3. The first-order chi connectivity index (χ1) is 19.6. The highest BCUT2D eigenvalue weighted by atomic mass is 35.5. The van der Waals surface area contributed by atoms with Crippen LogP contribution in [0.1, 0.15) is 73.0 Å². The summed E-state index contributed by atoms with van der Waals surface area (Å²) in [5.74, 6) is -0.749. The molecule has 216 valence electrons. The van der Waals surface area contributed by atoms with E-state index in [1.54, 1.807) is 10.5 Å². The number of piperidine rings is 1. The first kappa shape index (κ1) is 28.1. The van der Waals surface area contributed by atoms with Crippen molar-refractivity contribution in [3.05, 3.63) is 75.3 Å². The van der Waals surface area contributed by atoms with Crippen LogP contribution in [0.4, 0.5) is 0 Å². The Morgan fingerprint density at radius 2 is 1.63 bits per heavy atom. The molecule has 1 N–H and O–H groups in total. The highest BCUT2D eigenvalue weighted by Gasteiger charge is 2.39. The molecule has 7 nitrogen and oxygen atoms in total. The molecular weight excluding hydrogens is 536 g/mol. The van der Waals surface area contributed by atoms with Crippen molar-refractivity contribution >= 4 is 34.9 Å². The number of halogens is 1. The number of hydrogen-bond acceptors (Lipinski definition) is 5. The first-order valence-corrected chi connectivity index (χ1v) is 15.2. The molecule has 41 heavy (non-hydrogen) atoms. The molecule has 1 atom stereocenters. The third kappa shape index (κ3) is 6.13. The van der Waals surface area contributed by atoms with Gasteiger partial charge in [0.05, 0.1) is 0 Å². The quantitative estimate of drug-likeness (QED) is 0.498. The second-order valence-corrected chi connectivity index (χ2v) is 13.3. The van der Waals surface area contributed by atoms with Crippen LogP contribution in [0.5, 0.6) is 0 Å². The van der Waals surface area contributed by atoms with Crippen molar-refractivity contribution in [3.8, 4) is 0 Å². The summed E-state index contributed by atoms with van der Waals surface area (Å²) in [6, 6.07) is 13.9. The molecule has 0 bridgehead atoms. The Labute approximate surface area is 247 Å². The summed E-state index contributed by atoms with van der Waals surface area (Å²) in [7, 11) is 0. The number of rotatable bonds is 6. The highest BCUT2D eigenvalue weighted by molar-refractivity contribution is 6.30. The van der Waals surface area contributed by atoms with Gasteiger partial charge in [-0.2, -0.15) is 0 Å². The summed E-state index contributed by atoms with van der Waals surface area (Å²) in [6.45, 7) is 11.1. The van der Waals surface area contributed by atoms with Crippen LogP contribution in [0.25, 0.3) is 5.57 Å². The van der Waals surface area contributed by atoms with E-state index < -0.39 is 6.04 Å². The van der Waals surface area contributed by atoms with Gasteiger partial charge in [0.1, 0.15) is 6.04 Å². The van der Waals surface area contributed by atoms with Crippen LogP contribution in [0.15, 0.2) is 48.0 Å². The maximum absolute atomic E-state index is 13.0. The zero-order chi connectivity index (χ0) is 28.7. The number of nitrogens with zero attached hydrogens (tertiary/aromatic N) is 3. The van der Waals surface area contributed by atoms with Crippen LogP contribution >= 0.6 is 11.6 Å². The third-order valence-corrected chi connectivity index (χ3v) is 9.50. The van der Waals surface area contributed by atoms with Crippen molar-refractivity contribution < 1.29 is 14.4 Å². The third-order valence-electron chi connectivity index (χ3n) is 9.25. The molecule has 0 aromatic heterocycles. The van der Waals surface area contributed by atoms with E-state index >= 15 is 0 Å². The minimum atomic E-state index is -0.574. The number of carbonyl (C=O) groups excluding carboxylic acids is 3. The molecule has 3 heterocycles. The second kappa shape index (κ2) is 11.3. The van der Waals surface area contributed by atoms with Gasteiger partial charge in [0, 0.05) is 62.8 Å². The summed E-state index contributed by atoms with van der Waals surface area (Å²) in [6.07, 6.45) is 4.13. The van der Waals surface area contributed by atoms with Crippen LogP contribution in [0.2, 0.25) is 5.02 Å². The van der Waals surface area contributed by atoms with Gasteiger partial charge in [-0.15, -0.1) is 0 Å². The molecule has 3 aliphatic heterocycles. The van der Waals surface area contributed by atoms with Gasteiger partial charge < -0.3 is 4.90 Å². The predicted octanol–water partition coefficient (Wildman–Crippen LogP) is 4.88. The molecule has 2 fully saturated rings. The molecule has 6 rings (SSSR count). The van der Waals surface area contributed by atoms with Crippen molar-refractivity contribution in [2.75, 3.05) is 32.7 Å². The number of piperazine rings is 1. The normalized spacial score (nSPS) is 23.6. The molecule has 0 spiro atoms. The van der Waals surface area contributed by atoms with E-state index in [9.17, 15) is 14.4 Å². The average molecular weight is 575 g/mol. The number of carbonyl (C=O) groups is 3. The first-order valence-electron chi connectivity index (χ1n) is 14.8. The number of amides is 3. The van der Waals surface area contributed by atoms with E-state index in [1.807, 2.05) is 24.3 Å². The van der Waals surface area contributed by atoms with Gasteiger partial charge in [-0.1, -0.05) is 55.3 Å². The van der Waals surface area contributed by atoms with Crippen LogP contribution < -0.4 is 5.32 Å². The van der Waals surface area contributed by atoms with Crippen molar-refractivity contribution in [2.45, 2.75) is 65.1 Å². The largest absolute Gasteiger partial charge is 0.322 e. The number of fused-ring (bicyclic) bond motifs is 1. The predicted molar refractivity (Wildman–Crippen MR) is 160 cm³/mol. The standard InChI is InChI=1S/C33H39ClN4O3/c1-33(2)12-11-24(28(18-33)23-4-6-26(34)7-5-23)20-37-15-13-36(14-16-37)19-22-3-8-27-25(17-22)21-38(32(27)41)29-9-10-30(39)35-31(29)40/h3-8,17,29H,9-16,18-21H2,1-2H3,(H,35,39,40). The number of imide groups is 1. The molecule has 3 amide bonds. The van der Waals surface area contributed by atoms with Crippen molar-refractivity contribution in [1.29, 1.82) is 0 Å². The maximum Gasteiger partial charge on any atom is 0.255 e. The van der Waals surface area contributed by atoms with Gasteiger partial charge >= 0.3 is 0 Å². The van der Waals surface area contributed by atoms with Gasteiger partial charge in [0.25, 0.3) is 5.91 Å². The number of allylic oxidation sites excluding steroid dienone is 1. The molecule has 2 aromatic carbocycles. The van der Waals surface area contributed by atoms with Crippen molar-refractivity contribution in [1.82, 2.24) is 20.0 Å². The molecule has 2 saturated heterocycles. The van der Waals surface area contributed by atoms with Gasteiger partial charge in [0.2, 0.25) is 11.8 Å². The molecule has 0 radical (unpaired) electrons. The topological polar surface area (TPSA) is 73.0 Å². The summed E-state index contributed by atoms with van der Waals surface area (Å²) in [4.78, 5) is 43.6. The van der Waals surface area contributed by atoms with Gasteiger partial charge in [0.15, 0.2) is 0 Å². The molecule has 2 aromatic rings. The summed E-state index contributed by atoms with van der Waals surface area (Å²) >= 11 is 6.18. The lowest BCUT2D eigenvalue weighted by atomic mass is 9.72. The molecule has 1 aliphatic carbocycles. The van der Waals surface area contributed by atoms with Crippen LogP contribution in [0.3, 0.4) is 0 Å². The zero-order valence-electron chi connectivity index (χ0n) is 24.0. The Morgan fingerprint density at radius 3 is 2.34 bits per heavy atom. The second-order valence-electron chi connectivity index (χ2n) is 12.9. The average Bonchev–Trinajstić information content (AvgIpc) is 3.26. The lowest BCUT2D eigenvalue weighted by Gasteiger charge is -2.38. The van der Waals surface area contributed by atoms with Gasteiger partial charge in [-0.05, 0) is 71.6 Å². The van der Waals surface area contributed by atoms with Crippen LogP contribution in [0, 0.1) is 5.41 Å². The fraction of sp³-hybridized carbons (Fsp3) is 0.485. The molecule has 1 unspecified atom stereocenters. The van der Waals surface area contributed by atoms with E-state index in [0.29, 0.717) is 23.9 Å². The van der Waals surface area contributed by atoms with E-state index in [-0.39, 0.29) is 24.1 Å². The Balaban J connectivity index is 1.07. The Kier molecular flexibility index (Phi) is 7.79. The lowest BCUT2D eigenvalue weighted by molar-refractivity contribution is -0.136. The Hall–Kier alpha value is -3.00. The van der Waals surface area contributed by atoms with Gasteiger partial charge in [-0.25, -0.2) is 0 Å². The lowest BCUT2D eigenvalue weighted by Crippen LogP contribution is -2.52. The zero-order valence-corrected chi connectivity index (χ0v) is 24.8. The van der Waals surface area contributed by atoms with Crippen LogP contribution in [-0.4, -0.2) is 71.2 Å². The van der Waals surface area contributed by atoms with Gasteiger partial charge in [-0.3, -0.25) is 29.5 Å². The maximum atomic E-state index is 13.0. The molecule has 8 heteroatoms. The van der Waals surface area contributed by atoms with E-state index in [1.165, 1.54) is 23.1 Å². The number of hydrogen-bond donors (Lipinski definition) is 1. The van der Waals surface area contributed by atoms with E-state index in [2.05, 4.69) is 47.2 Å². The summed E-state index contributed by atoms with van der Waals surface area (Å²) < 4.78 is 0. The van der Waals surface area contributed by atoms with Crippen molar-refractivity contribution in [2.24, 2.45) is 5.41 Å².